The van der Waals surface area contributed by atoms with Crippen molar-refractivity contribution in [3.05, 3.63) is 0 Å². The van der Waals surface area contributed by atoms with Gasteiger partial charge in [-0.25, -0.2) is 8.42 Å². The number of nitrogens with one attached hydrogen (secondary N) is 1. The predicted octanol–water partition coefficient (Wildman–Crippen LogP) is 0.833. The van der Waals surface area contributed by atoms with E-state index in [1.165, 1.54) is 12.8 Å². The smallest absolute Gasteiger partial charge is 0.214 e. The highest BCUT2D eigenvalue weighted by Gasteiger charge is 2.28. The van der Waals surface area contributed by atoms with Crippen LogP contribution in [0.15, 0.2) is 0 Å². The summed E-state index contributed by atoms with van der Waals surface area (Å²) in [6.07, 6.45) is 4.63. The first-order chi connectivity index (χ1) is 7.18. The average Bonchev–Trinajstić information content (AvgIpc) is 2.71. The Balaban J connectivity index is 0.00000128. The maximum absolute atomic E-state index is 12.0. The average molecular weight is 269 g/mol. The predicted molar refractivity (Wildman–Crippen MR) is 67.4 cm³/mol. The lowest BCUT2D eigenvalue weighted by atomic mass is 10.1. The number of nitrogens with zero attached hydrogens (tertiary/aromatic N) is 1. The third-order valence-corrected chi connectivity index (χ3v) is 5.43. The van der Waals surface area contributed by atoms with Crippen LogP contribution in [0, 0.1) is 5.92 Å². The summed E-state index contributed by atoms with van der Waals surface area (Å²) in [7, 11) is -2.97. The molecule has 1 saturated carbocycles. The molecule has 0 unspecified atom stereocenters. The maximum Gasteiger partial charge on any atom is 0.214 e. The topological polar surface area (TPSA) is 49.4 Å². The number of piperazine rings is 1. The normalized spacial score (nSPS) is 24.2. The van der Waals surface area contributed by atoms with Gasteiger partial charge in [-0.2, -0.15) is 4.31 Å². The van der Waals surface area contributed by atoms with E-state index in [9.17, 15) is 8.42 Å². The largest absolute Gasteiger partial charge is 0.314 e. The van der Waals surface area contributed by atoms with Crippen molar-refractivity contribution in [3.8, 4) is 0 Å². The molecule has 1 aliphatic heterocycles. The van der Waals surface area contributed by atoms with E-state index in [-0.39, 0.29) is 12.4 Å². The van der Waals surface area contributed by atoms with Gasteiger partial charge in [-0.15, -0.1) is 12.4 Å². The van der Waals surface area contributed by atoms with E-state index < -0.39 is 10.0 Å². The van der Waals surface area contributed by atoms with Gasteiger partial charge in [0.1, 0.15) is 0 Å². The Labute approximate surface area is 104 Å². The summed E-state index contributed by atoms with van der Waals surface area (Å²) in [5.74, 6) is 0.803. The molecule has 2 rings (SSSR count). The summed E-state index contributed by atoms with van der Waals surface area (Å²) in [5.41, 5.74) is 0. The van der Waals surface area contributed by atoms with Gasteiger partial charge in [0, 0.05) is 26.2 Å². The maximum atomic E-state index is 12.0. The van der Waals surface area contributed by atoms with E-state index in [1.807, 2.05) is 0 Å². The van der Waals surface area contributed by atoms with Crippen LogP contribution in [-0.4, -0.2) is 44.7 Å². The molecule has 0 spiro atoms. The Morgan fingerprint density at radius 1 is 1.12 bits per heavy atom. The van der Waals surface area contributed by atoms with Crippen LogP contribution in [0.5, 0.6) is 0 Å². The summed E-state index contributed by atoms with van der Waals surface area (Å²) in [6.45, 7) is 2.89. The first-order valence-electron chi connectivity index (χ1n) is 5.87. The highest BCUT2D eigenvalue weighted by Crippen LogP contribution is 2.26. The zero-order valence-electron chi connectivity index (χ0n) is 9.52. The fourth-order valence-corrected chi connectivity index (χ4v) is 4.38. The van der Waals surface area contributed by atoms with Gasteiger partial charge in [0.15, 0.2) is 0 Å². The fraction of sp³-hybridized carbons (Fsp3) is 1.00. The molecular formula is C10H21ClN2O2S. The monoisotopic (exact) mass is 268 g/mol. The highest BCUT2D eigenvalue weighted by molar-refractivity contribution is 7.89. The van der Waals surface area contributed by atoms with Crippen molar-refractivity contribution in [2.24, 2.45) is 5.92 Å². The van der Waals surface area contributed by atoms with E-state index in [4.69, 9.17) is 0 Å². The second kappa shape index (κ2) is 6.19. The number of hydrogen-bond donors (Lipinski definition) is 1. The molecule has 0 bridgehead atoms. The lowest BCUT2D eigenvalue weighted by Crippen LogP contribution is -2.47. The molecule has 0 atom stereocenters. The molecular weight excluding hydrogens is 248 g/mol. The molecule has 0 radical (unpaired) electrons. The van der Waals surface area contributed by atoms with E-state index in [1.54, 1.807) is 4.31 Å². The molecule has 16 heavy (non-hydrogen) atoms. The van der Waals surface area contributed by atoms with Gasteiger partial charge < -0.3 is 5.32 Å². The Hall–Kier alpha value is 0.160. The SMILES string of the molecule is Cl.O=S(=O)(CC1CCCC1)N1CCNCC1. The van der Waals surface area contributed by atoms with Crippen LogP contribution in [0.3, 0.4) is 0 Å². The van der Waals surface area contributed by atoms with Crippen LogP contribution < -0.4 is 5.32 Å². The third-order valence-electron chi connectivity index (χ3n) is 3.39. The van der Waals surface area contributed by atoms with Crippen molar-refractivity contribution in [1.29, 1.82) is 0 Å². The number of hydrogen-bond acceptors (Lipinski definition) is 3. The lowest BCUT2D eigenvalue weighted by molar-refractivity contribution is 0.356. The molecule has 96 valence electrons. The molecule has 0 aromatic carbocycles. The quantitative estimate of drug-likeness (QED) is 0.825. The molecule has 1 saturated heterocycles. The van der Waals surface area contributed by atoms with Gasteiger partial charge in [-0.05, 0) is 18.8 Å². The van der Waals surface area contributed by atoms with Crippen LogP contribution in [-0.2, 0) is 10.0 Å². The summed E-state index contributed by atoms with van der Waals surface area (Å²) in [6, 6.07) is 0. The molecule has 0 amide bonds. The fourth-order valence-electron chi connectivity index (χ4n) is 2.50. The molecule has 6 heteroatoms. The molecule has 1 heterocycles. The van der Waals surface area contributed by atoms with Crippen molar-refractivity contribution in [3.63, 3.8) is 0 Å². The van der Waals surface area contributed by atoms with Crippen molar-refractivity contribution < 1.29 is 8.42 Å². The first-order valence-corrected chi connectivity index (χ1v) is 7.48. The molecule has 1 N–H and O–H groups in total. The van der Waals surface area contributed by atoms with E-state index in [0.29, 0.717) is 24.8 Å². The first kappa shape index (κ1) is 14.2. The molecule has 2 fully saturated rings. The summed E-state index contributed by atoms with van der Waals surface area (Å²) >= 11 is 0. The van der Waals surface area contributed by atoms with Crippen LogP contribution >= 0.6 is 12.4 Å². The van der Waals surface area contributed by atoms with Crippen molar-refractivity contribution in [2.75, 3.05) is 31.9 Å². The van der Waals surface area contributed by atoms with Gasteiger partial charge in [0.2, 0.25) is 10.0 Å². The molecule has 0 aromatic rings. The number of halogens is 1. The van der Waals surface area contributed by atoms with Gasteiger partial charge >= 0.3 is 0 Å². The van der Waals surface area contributed by atoms with Crippen LogP contribution in [0.1, 0.15) is 25.7 Å². The minimum absolute atomic E-state index is 0. The van der Waals surface area contributed by atoms with Crippen molar-refractivity contribution >= 4 is 22.4 Å². The second-order valence-corrected chi connectivity index (χ2v) is 6.59. The zero-order chi connectivity index (χ0) is 10.7. The zero-order valence-corrected chi connectivity index (χ0v) is 11.2. The Morgan fingerprint density at radius 2 is 1.69 bits per heavy atom. The highest BCUT2D eigenvalue weighted by atomic mass is 35.5. The Bertz CT molecular complexity index is 296. The Kier molecular flexibility index (Phi) is 5.50. The van der Waals surface area contributed by atoms with Gasteiger partial charge in [-0.1, -0.05) is 12.8 Å². The van der Waals surface area contributed by atoms with Crippen LogP contribution in [0.25, 0.3) is 0 Å². The number of rotatable bonds is 3. The van der Waals surface area contributed by atoms with Crippen LogP contribution in [0.2, 0.25) is 0 Å². The van der Waals surface area contributed by atoms with Gasteiger partial charge in [0.25, 0.3) is 0 Å². The second-order valence-electron chi connectivity index (χ2n) is 4.58. The minimum Gasteiger partial charge on any atom is -0.314 e. The standard InChI is InChI=1S/C10H20N2O2S.ClH/c13-15(14,9-10-3-1-2-4-10)12-7-5-11-6-8-12;/h10-11H,1-9H2;1H. The summed E-state index contributed by atoms with van der Waals surface area (Å²) < 4.78 is 25.7. The summed E-state index contributed by atoms with van der Waals surface area (Å²) in [5, 5.41) is 3.17. The minimum atomic E-state index is -2.97. The molecule has 2 aliphatic rings. The van der Waals surface area contributed by atoms with Crippen molar-refractivity contribution in [2.45, 2.75) is 25.7 Å². The van der Waals surface area contributed by atoms with Gasteiger partial charge in [-0.3, -0.25) is 0 Å². The third kappa shape index (κ3) is 3.58. The van der Waals surface area contributed by atoms with E-state index in [0.717, 1.165) is 25.9 Å². The van der Waals surface area contributed by atoms with Crippen LogP contribution in [0.4, 0.5) is 0 Å². The summed E-state index contributed by atoms with van der Waals surface area (Å²) in [4.78, 5) is 0. The van der Waals surface area contributed by atoms with E-state index >= 15 is 0 Å². The lowest BCUT2D eigenvalue weighted by Gasteiger charge is -2.27. The van der Waals surface area contributed by atoms with Crippen molar-refractivity contribution in [1.82, 2.24) is 9.62 Å². The molecule has 4 nitrogen and oxygen atoms in total. The molecule has 0 aromatic heterocycles. The number of sulfonamides is 1. The van der Waals surface area contributed by atoms with E-state index in [2.05, 4.69) is 5.32 Å². The molecule has 1 aliphatic carbocycles. The Morgan fingerprint density at radius 3 is 2.25 bits per heavy atom. The van der Waals surface area contributed by atoms with Gasteiger partial charge in [0.05, 0.1) is 5.75 Å².